The first-order valence-corrected chi connectivity index (χ1v) is 7.45. The van der Waals surface area contributed by atoms with Gasteiger partial charge in [0.15, 0.2) is 0 Å². The van der Waals surface area contributed by atoms with Crippen LogP contribution in [0.3, 0.4) is 0 Å². The van der Waals surface area contributed by atoms with Crippen LogP contribution in [-0.4, -0.2) is 47.7 Å². The van der Waals surface area contributed by atoms with Crippen LogP contribution in [0.15, 0.2) is 0 Å². The molecule has 0 radical (unpaired) electrons. The van der Waals surface area contributed by atoms with Gasteiger partial charge in [0, 0.05) is 31.7 Å². The summed E-state index contributed by atoms with van der Waals surface area (Å²) in [7, 11) is 0. The summed E-state index contributed by atoms with van der Waals surface area (Å²) >= 11 is 0. The fraction of sp³-hybridized carbons (Fsp3) is 0.929. The molecule has 1 saturated carbocycles. The normalized spacial score (nSPS) is 25.8. The number of carboxylic acid groups (broad SMARTS) is 1. The molecule has 2 fully saturated rings. The van der Waals surface area contributed by atoms with Gasteiger partial charge in [-0.2, -0.15) is 0 Å². The molecule has 1 heterocycles. The highest BCUT2D eigenvalue weighted by Gasteiger charge is 2.28. The van der Waals surface area contributed by atoms with Gasteiger partial charge in [0.25, 0.3) is 0 Å². The van der Waals surface area contributed by atoms with Crippen LogP contribution >= 0.6 is 12.4 Å². The first kappa shape index (κ1) is 16.7. The third-order valence-corrected chi connectivity index (χ3v) is 4.33. The zero-order valence-electron chi connectivity index (χ0n) is 11.6. The first-order chi connectivity index (χ1) is 8.75. The van der Waals surface area contributed by atoms with Crippen molar-refractivity contribution in [1.29, 1.82) is 0 Å². The van der Waals surface area contributed by atoms with E-state index in [9.17, 15) is 4.79 Å². The van der Waals surface area contributed by atoms with E-state index in [1.54, 1.807) is 0 Å². The van der Waals surface area contributed by atoms with Crippen molar-refractivity contribution in [3.8, 4) is 0 Å². The van der Waals surface area contributed by atoms with Crippen LogP contribution in [0.25, 0.3) is 0 Å². The minimum absolute atomic E-state index is 0. The molecule has 1 aliphatic carbocycles. The van der Waals surface area contributed by atoms with Crippen LogP contribution in [-0.2, 0) is 4.79 Å². The molecule has 0 spiro atoms. The van der Waals surface area contributed by atoms with Crippen molar-refractivity contribution in [3.05, 3.63) is 0 Å². The van der Waals surface area contributed by atoms with Gasteiger partial charge in [0.05, 0.1) is 6.42 Å². The summed E-state index contributed by atoms with van der Waals surface area (Å²) in [6.45, 7) is 2.91. The predicted octanol–water partition coefficient (Wildman–Crippen LogP) is 2.27. The Morgan fingerprint density at radius 1 is 1.16 bits per heavy atom. The molecule has 1 unspecified atom stereocenters. The fourth-order valence-corrected chi connectivity index (χ4v) is 3.29. The Labute approximate surface area is 122 Å². The van der Waals surface area contributed by atoms with E-state index in [1.807, 2.05) is 0 Å². The zero-order valence-corrected chi connectivity index (χ0v) is 12.5. The summed E-state index contributed by atoms with van der Waals surface area (Å²) in [6, 6.07) is 1.30. The number of hydrogen-bond acceptors (Lipinski definition) is 3. The number of hydrogen-bond donors (Lipinski definition) is 2. The molecule has 0 aromatic rings. The molecule has 1 atom stereocenters. The van der Waals surface area contributed by atoms with Crippen molar-refractivity contribution in [2.45, 2.75) is 63.5 Å². The monoisotopic (exact) mass is 290 g/mol. The summed E-state index contributed by atoms with van der Waals surface area (Å²) < 4.78 is 0. The molecule has 1 aliphatic heterocycles. The van der Waals surface area contributed by atoms with Gasteiger partial charge in [0.1, 0.15) is 0 Å². The Bertz CT molecular complexity index is 268. The second-order valence-electron chi connectivity index (χ2n) is 5.72. The smallest absolute Gasteiger partial charge is 0.304 e. The van der Waals surface area contributed by atoms with Gasteiger partial charge in [-0.1, -0.05) is 25.7 Å². The summed E-state index contributed by atoms with van der Waals surface area (Å²) in [6.07, 6.45) is 9.73. The molecule has 0 aromatic heterocycles. The van der Waals surface area contributed by atoms with Crippen molar-refractivity contribution in [2.24, 2.45) is 0 Å². The number of likely N-dealkylation sites (tertiary alicyclic amines) is 1. The highest BCUT2D eigenvalue weighted by atomic mass is 35.5. The topological polar surface area (TPSA) is 52.6 Å². The van der Waals surface area contributed by atoms with Crippen LogP contribution in [0, 0.1) is 0 Å². The number of carboxylic acids is 1. The second-order valence-corrected chi connectivity index (χ2v) is 5.72. The molecule has 2 N–H and O–H groups in total. The Balaban J connectivity index is 0.00000180. The van der Waals surface area contributed by atoms with E-state index >= 15 is 0 Å². The lowest BCUT2D eigenvalue weighted by Gasteiger charge is -2.26. The van der Waals surface area contributed by atoms with E-state index in [4.69, 9.17) is 5.11 Å². The molecule has 0 aromatic carbocycles. The standard InChI is InChI=1S/C14H26N2O2.ClH/c17-14(18)7-9-15-12-8-10-16(11-12)13-5-3-1-2-4-6-13;/h12-13,15H,1-11H2,(H,17,18);1H. The largest absolute Gasteiger partial charge is 0.481 e. The molecular formula is C14H27ClN2O2. The number of aliphatic carboxylic acids is 1. The zero-order chi connectivity index (χ0) is 12.8. The molecular weight excluding hydrogens is 264 g/mol. The maximum atomic E-state index is 10.5. The lowest BCUT2D eigenvalue weighted by Crippen LogP contribution is -2.38. The maximum absolute atomic E-state index is 10.5. The van der Waals surface area contributed by atoms with Gasteiger partial charge in [-0.15, -0.1) is 12.4 Å². The second kappa shape index (κ2) is 8.77. The number of nitrogens with one attached hydrogen (secondary N) is 1. The summed E-state index contributed by atoms with van der Waals surface area (Å²) in [5.74, 6) is -0.707. The van der Waals surface area contributed by atoms with E-state index in [1.165, 1.54) is 51.5 Å². The first-order valence-electron chi connectivity index (χ1n) is 7.45. The molecule has 2 aliphatic rings. The third kappa shape index (κ3) is 5.67. The lowest BCUT2D eigenvalue weighted by atomic mass is 10.1. The lowest BCUT2D eigenvalue weighted by molar-refractivity contribution is -0.136. The van der Waals surface area contributed by atoms with Crippen molar-refractivity contribution in [1.82, 2.24) is 10.2 Å². The van der Waals surface area contributed by atoms with Crippen LogP contribution in [0.5, 0.6) is 0 Å². The highest BCUT2D eigenvalue weighted by Crippen LogP contribution is 2.24. The maximum Gasteiger partial charge on any atom is 0.304 e. The number of nitrogens with zero attached hydrogens (tertiary/aromatic N) is 1. The Morgan fingerprint density at radius 3 is 2.47 bits per heavy atom. The van der Waals surface area contributed by atoms with Crippen molar-refractivity contribution >= 4 is 18.4 Å². The number of halogens is 1. The Kier molecular flexibility index (Phi) is 7.73. The van der Waals surface area contributed by atoms with Gasteiger partial charge < -0.3 is 10.4 Å². The summed E-state index contributed by atoms with van der Waals surface area (Å²) in [5, 5.41) is 12.0. The minimum Gasteiger partial charge on any atom is -0.481 e. The van der Waals surface area contributed by atoms with E-state index in [2.05, 4.69) is 10.2 Å². The number of rotatable bonds is 5. The molecule has 0 bridgehead atoms. The summed E-state index contributed by atoms with van der Waals surface area (Å²) in [4.78, 5) is 13.1. The van der Waals surface area contributed by atoms with Crippen molar-refractivity contribution in [3.63, 3.8) is 0 Å². The van der Waals surface area contributed by atoms with Gasteiger partial charge >= 0.3 is 5.97 Å². The van der Waals surface area contributed by atoms with Crippen molar-refractivity contribution < 1.29 is 9.90 Å². The third-order valence-electron chi connectivity index (χ3n) is 4.33. The van der Waals surface area contributed by atoms with Gasteiger partial charge in [-0.25, -0.2) is 0 Å². The average molecular weight is 291 g/mol. The van der Waals surface area contributed by atoms with Crippen LogP contribution in [0.4, 0.5) is 0 Å². The highest BCUT2D eigenvalue weighted by molar-refractivity contribution is 5.85. The molecule has 4 nitrogen and oxygen atoms in total. The van der Waals surface area contributed by atoms with E-state index in [0.717, 1.165) is 12.6 Å². The van der Waals surface area contributed by atoms with Gasteiger partial charge in [-0.05, 0) is 19.3 Å². The van der Waals surface area contributed by atoms with E-state index in [-0.39, 0.29) is 18.8 Å². The SMILES string of the molecule is Cl.O=C(O)CCNC1CCN(C2CCCCCC2)C1. The van der Waals surface area contributed by atoms with E-state index in [0.29, 0.717) is 12.6 Å². The predicted molar refractivity (Wildman–Crippen MR) is 79.0 cm³/mol. The Morgan fingerprint density at radius 2 is 1.84 bits per heavy atom. The summed E-state index contributed by atoms with van der Waals surface area (Å²) in [5.41, 5.74) is 0. The molecule has 19 heavy (non-hydrogen) atoms. The molecule has 1 saturated heterocycles. The van der Waals surface area contributed by atoms with Crippen molar-refractivity contribution in [2.75, 3.05) is 19.6 Å². The quantitative estimate of drug-likeness (QED) is 0.763. The molecule has 2 rings (SSSR count). The number of carbonyl (C=O) groups is 1. The van der Waals surface area contributed by atoms with Gasteiger partial charge in [0.2, 0.25) is 0 Å². The van der Waals surface area contributed by atoms with Crippen LogP contribution in [0.2, 0.25) is 0 Å². The fourth-order valence-electron chi connectivity index (χ4n) is 3.29. The van der Waals surface area contributed by atoms with Crippen LogP contribution in [0.1, 0.15) is 51.4 Å². The molecule has 5 heteroatoms. The van der Waals surface area contributed by atoms with E-state index < -0.39 is 5.97 Å². The van der Waals surface area contributed by atoms with Crippen LogP contribution < -0.4 is 5.32 Å². The van der Waals surface area contributed by atoms with Gasteiger partial charge in [-0.3, -0.25) is 9.69 Å². The Hall–Kier alpha value is -0.320. The molecule has 112 valence electrons. The minimum atomic E-state index is -0.707. The molecule has 0 amide bonds. The average Bonchev–Trinajstić information content (AvgIpc) is 2.63.